The number of rotatable bonds is 11. The predicted octanol–water partition coefficient (Wildman–Crippen LogP) is 2.39. The lowest BCUT2D eigenvalue weighted by atomic mass is 10.1. The van der Waals surface area contributed by atoms with Crippen LogP contribution >= 0.6 is 0 Å². The first-order valence-corrected chi connectivity index (χ1v) is 9.20. The van der Waals surface area contributed by atoms with Gasteiger partial charge in [-0.05, 0) is 43.3 Å². The topological polar surface area (TPSA) is 129 Å². The number of hydrogen-bond acceptors (Lipinski definition) is 8. The zero-order valence-electron chi connectivity index (χ0n) is 16.7. The monoisotopic (exact) mass is 417 g/mol. The van der Waals surface area contributed by atoms with E-state index in [0.717, 1.165) is 11.8 Å². The molecule has 0 aromatic heterocycles. The highest BCUT2D eigenvalue weighted by Crippen LogP contribution is 2.25. The van der Waals surface area contributed by atoms with Gasteiger partial charge in [0.1, 0.15) is 23.8 Å². The number of hydrogen-bond donors (Lipinski definition) is 2. The van der Waals surface area contributed by atoms with Crippen LogP contribution in [0.15, 0.2) is 42.5 Å². The molecule has 2 N–H and O–H groups in total. The number of anilines is 1. The molecule has 1 amide bonds. The van der Waals surface area contributed by atoms with Gasteiger partial charge >= 0.3 is 5.97 Å². The van der Waals surface area contributed by atoms with Gasteiger partial charge in [0.15, 0.2) is 6.61 Å². The first-order chi connectivity index (χ1) is 14.4. The van der Waals surface area contributed by atoms with Crippen LogP contribution in [0.2, 0.25) is 0 Å². The van der Waals surface area contributed by atoms with Crippen molar-refractivity contribution in [2.24, 2.45) is 0 Å². The summed E-state index contributed by atoms with van der Waals surface area (Å²) in [7, 11) is 1.53. The van der Waals surface area contributed by atoms with Crippen LogP contribution < -0.4 is 20.1 Å². The van der Waals surface area contributed by atoms with Gasteiger partial charge in [-0.15, -0.1) is 0 Å². The van der Waals surface area contributed by atoms with Crippen LogP contribution in [0.4, 0.5) is 11.4 Å². The number of carbonyl (C=O) groups is 2. The molecular weight excluding hydrogens is 394 g/mol. The number of carbonyl (C=O) groups excluding carboxylic acids is 2. The molecule has 2 rings (SSSR count). The maximum atomic E-state index is 12.0. The minimum atomic E-state index is -0.832. The van der Waals surface area contributed by atoms with Crippen molar-refractivity contribution in [1.29, 1.82) is 0 Å². The predicted molar refractivity (Wildman–Crippen MR) is 109 cm³/mol. The van der Waals surface area contributed by atoms with Gasteiger partial charge in [0.25, 0.3) is 11.6 Å². The molecule has 0 saturated carbocycles. The summed E-state index contributed by atoms with van der Waals surface area (Å²) in [5.41, 5.74) is -0.0167. The van der Waals surface area contributed by atoms with Crippen molar-refractivity contribution >= 4 is 23.3 Å². The van der Waals surface area contributed by atoms with Crippen LogP contribution in [0.1, 0.15) is 17.3 Å². The Kier molecular flexibility index (Phi) is 8.42. The maximum Gasteiger partial charge on any atom is 0.338 e. The smallest absolute Gasteiger partial charge is 0.338 e. The third kappa shape index (κ3) is 6.66. The van der Waals surface area contributed by atoms with Gasteiger partial charge in [-0.2, -0.15) is 0 Å². The number of nitro groups is 1. The fraction of sp³-hybridized carbons (Fsp3) is 0.300. The Hall–Kier alpha value is -3.82. The quantitative estimate of drug-likeness (QED) is 0.247. The normalized spacial score (nSPS) is 10.1. The van der Waals surface area contributed by atoms with Gasteiger partial charge < -0.3 is 24.8 Å². The van der Waals surface area contributed by atoms with Crippen molar-refractivity contribution in [2.75, 3.05) is 38.7 Å². The first-order valence-electron chi connectivity index (χ1n) is 9.20. The second-order valence-corrected chi connectivity index (χ2v) is 5.92. The molecule has 0 unspecified atom stereocenters. The van der Waals surface area contributed by atoms with E-state index in [1.165, 1.54) is 19.2 Å². The Balaban J connectivity index is 1.73. The zero-order valence-corrected chi connectivity index (χ0v) is 16.7. The average Bonchev–Trinajstić information content (AvgIpc) is 2.75. The number of amides is 1. The highest BCUT2D eigenvalue weighted by Gasteiger charge is 2.18. The average molecular weight is 417 g/mol. The third-order valence-electron chi connectivity index (χ3n) is 3.86. The fourth-order valence-corrected chi connectivity index (χ4v) is 2.44. The number of nitrogens with zero attached hydrogens (tertiary/aromatic N) is 1. The Morgan fingerprint density at radius 2 is 1.73 bits per heavy atom. The molecule has 160 valence electrons. The van der Waals surface area contributed by atoms with Crippen LogP contribution in [0, 0.1) is 10.1 Å². The molecule has 0 fully saturated rings. The Labute approximate surface area is 173 Å². The second-order valence-electron chi connectivity index (χ2n) is 5.92. The van der Waals surface area contributed by atoms with Crippen molar-refractivity contribution in [3.8, 4) is 11.5 Å². The van der Waals surface area contributed by atoms with Gasteiger partial charge in [-0.1, -0.05) is 0 Å². The van der Waals surface area contributed by atoms with E-state index in [9.17, 15) is 19.7 Å². The number of esters is 1. The molecule has 30 heavy (non-hydrogen) atoms. The molecule has 0 heterocycles. The van der Waals surface area contributed by atoms with Crippen LogP contribution in [0.3, 0.4) is 0 Å². The molecule has 10 heteroatoms. The van der Waals surface area contributed by atoms with Crippen LogP contribution in [-0.4, -0.2) is 50.2 Å². The van der Waals surface area contributed by atoms with Crippen molar-refractivity contribution in [3.05, 3.63) is 58.1 Å². The Morgan fingerprint density at radius 3 is 2.33 bits per heavy atom. The molecule has 0 aliphatic carbocycles. The molecule has 2 aromatic carbocycles. The van der Waals surface area contributed by atoms with Crippen molar-refractivity contribution < 1.29 is 28.7 Å². The van der Waals surface area contributed by atoms with E-state index in [0.29, 0.717) is 12.4 Å². The SMILES string of the molecule is CCOc1ccc(OCCNC(=O)COC(=O)c2ccc(NC)c([N+](=O)[O-])c2)cc1. The van der Waals surface area contributed by atoms with Crippen LogP contribution in [0.25, 0.3) is 0 Å². The van der Waals surface area contributed by atoms with Crippen LogP contribution in [-0.2, 0) is 9.53 Å². The molecule has 0 bridgehead atoms. The molecule has 0 aliphatic heterocycles. The zero-order chi connectivity index (χ0) is 21.9. The van der Waals surface area contributed by atoms with E-state index >= 15 is 0 Å². The highest BCUT2D eigenvalue weighted by molar-refractivity contribution is 5.93. The molecule has 0 saturated heterocycles. The summed E-state index contributed by atoms with van der Waals surface area (Å²) in [5, 5.41) is 16.3. The number of ether oxygens (including phenoxy) is 3. The minimum Gasteiger partial charge on any atom is -0.494 e. The third-order valence-corrected chi connectivity index (χ3v) is 3.86. The summed E-state index contributed by atoms with van der Waals surface area (Å²) in [6, 6.07) is 10.9. The van der Waals surface area contributed by atoms with E-state index in [1.54, 1.807) is 24.3 Å². The minimum absolute atomic E-state index is 0.0210. The lowest BCUT2D eigenvalue weighted by molar-refractivity contribution is -0.384. The standard InChI is InChI=1S/C20H23N3O7/c1-3-28-15-5-7-16(8-6-15)29-11-10-22-19(24)13-30-20(25)14-4-9-17(21-2)18(12-14)23(26)27/h4-9,12,21H,3,10-11,13H2,1-2H3,(H,22,24). The Bertz CT molecular complexity index is 884. The van der Waals surface area contributed by atoms with E-state index in [1.807, 2.05) is 6.92 Å². The fourth-order valence-electron chi connectivity index (χ4n) is 2.44. The molecule has 0 radical (unpaired) electrons. The van der Waals surface area contributed by atoms with Crippen molar-refractivity contribution in [1.82, 2.24) is 5.32 Å². The van der Waals surface area contributed by atoms with Crippen molar-refractivity contribution in [2.45, 2.75) is 6.92 Å². The van der Waals surface area contributed by atoms with Gasteiger partial charge in [-0.25, -0.2) is 4.79 Å². The summed E-state index contributed by atoms with van der Waals surface area (Å²) in [5.74, 6) is 0.0261. The number of benzene rings is 2. The largest absolute Gasteiger partial charge is 0.494 e. The molecular formula is C20H23N3O7. The van der Waals surface area contributed by atoms with Crippen LogP contribution in [0.5, 0.6) is 11.5 Å². The van der Waals surface area contributed by atoms with E-state index in [2.05, 4.69) is 10.6 Å². The maximum absolute atomic E-state index is 12.0. The van der Waals surface area contributed by atoms with Gasteiger partial charge in [0.2, 0.25) is 0 Å². The van der Waals surface area contributed by atoms with Gasteiger partial charge in [0.05, 0.1) is 23.6 Å². The molecule has 0 atom stereocenters. The summed E-state index contributed by atoms with van der Waals surface area (Å²) in [4.78, 5) is 34.3. The Morgan fingerprint density at radius 1 is 1.07 bits per heavy atom. The van der Waals surface area contributed by atoms with E-state index in [4.69, 9.17) is 14.2 Å². The van der Waals surface area contributed by atoms with Crippen molar-refractivity contribution in [3.63, 3.8) is 0 Å². The summed E-state index contributed by atoms with van der Waals surface area (Å²) in [6.07, 6.45) is 0. The molecule has 0 aliphatic rings. The van der Waals surface area contributed by atoms with E-state index in [-0.39, 0.29) is 30.1 Å². The number of nitro benzene ring substituents is 1. The highest BCUT2D eigenvalue weighted by atomic mass is 16.6. The summed E-state index contributed by atoms with van der Waals surface area (Å²) in [6.45, 7) is 2.41. The van der Waals surface area contributed by atoms with Gasteiger partial charge in [-0.3, -0.25) is 14.9 Å². The summed E-state index contributed by atoms with van der Waals surface area (Å²) < 4.78 is 15.7. The molecule has 10 nitrogen and oxygen atoms in total. The molecule has 0 spiro atoms. The second kappa shape index (κ2) is 11.2. The lowest BCUT2D eigenvalue weighted by Gasteiger charge is -2.09. The lowest BCUT2D eigenvalue weighted by Crippen LogP contribution is -2.32. The van der Waals surface area contributed by atoms with Gasteiger partial charge in [0, 0.05) is 13.1 Å². The summed E-state index contributed by atoms with van der Waals surface area (Å²) >= 11 is 0. The molecule has 2 aromatic rings. The first kappa shape index (κ1) is 22.5. The van der Waals surface area contributed by atoms with E-state index < -0.39 is 23.4 Å². The number of nitrogens with one attached hydrogen (secondary N) is 2.